The summed E-state index contributed by atoms with van der Waals surface area (Å²) in [7, 11) is 0. The molecule has 0 radical (unpaired) electrons. The lowest BCUT2D eigenvalue weighted by Crippen LogP contribution is -1.94. The molecule has 0 atom stereocenters. The van der Waals surface area contributed by atoms with Crippen molar-refractivity contribution in [2.75, 3.05) is 6.61 Å². The fourth-order valence-corrected chi connectivity index (χ4v) is 3.81. The van der Waals surface area contributed by atoms with Crippen LogP contribution < -0.4 is 4.74 Å². The van der Waals surface area contributed by atoms with Gasteiger partial charge in [0.2, 0.25) is 0 Å². The molecule has 0 spiro atoms. The first-order valence-electron chi connectivity index (χ1n) is 8.58. The highest BCUT2D eigenvalue weighted by Gasteiger charge is 2.05. The van der Waals surface area contributed by atoms with Gasteiger partial charge in [0.05, 0.1) is 0 Å². The van der Waals surface area contributed by atoms with Crippen molar-refractivity contribution in [3.63, 3.8) is 0 Å². The van der Waals surface area contributed by atoms with Crippen LogP contribution in [0, 0.1) is 0 Å². The summed E-state index contributed by atoms with van der Waals surface area (Å²) in [5, 5.41) is 9.70. The second kappa shape index (κ2) is 9.67. The Labute approximate surface area is 163 Å². The molecular weight excluding hydrogens is 364 g/mol. The molecule has 0 fully saturated rings. The van der Waals surface area contributed by atoms with Crippen molar-refractivity contribution in [2.45, 2.75) is 29.2 Å². The van der Waals surface area contributed by atoms with E-state index in [1.807, 2.05) is 48.5 Å². The monoisotopic (exact) mass is 384 g/mol. The third-order valence-electron chi connectivity index (χ3n) is 3.92. The van der Waals surface area contributed by atoms with Crippen molar-refractivity contribution in [3.8, 4) is 5.75 Å². The van der Waals surface area contributed by atoms with Crippen molar-refractivity contribution in [1.82, 2.24) is 0 Å². The van der Waals surface area contributed by atoms with E-state index in [1.165, 1.54) is 0 Å². The fourth-order valence-electron chi connectivity index (χ4n) is 2.57. The molecule has 3 aromatic rings. The van der Waals surface area contributed by atoms with Crippen LogP contribution >= 0.6 is 23.4 Å². The van der Waals surface area contributed by atoms with Gasteiger partial charge in [-0.15, -0.1) is 0 Å². The van der Waals surface area contributed by atoms with E-state index >= 15 is 0 Å². The number of rotatable bonds is 8. The average molecular weight is 385 g/mol. The van der Waals surface area contributed by atoms with E-state index in [2.05, 4.69) is 24.3 Å². The van der Waals surface area contributed by atoms with E-state index in [-0.39, 0.29) is 6.61 Å². The lowest BCUT2D eigenvalue weighted by molar-refractivity contribution is 0.288. The summed E-state index contributed by atoms with van der Waals surface area (Å²) >= 11 is 8.02. The normalized spacial score (nSPS) is 10.7. The lowest BCUT2D eigenvalue weighted by atomic mass is 10.1. The van der Waals surface area contributed by atoms with Crippen LogP contribution in [-0.2, 0) is 13.0 Å². The molecule has 1 N–H and O–H groups in total. The Morgan fingerprint density at radius 2 is 1.69 bits per heavy atom. The van der Waals surface area contributed by atoms with Gasteiger partial charge in [0.15, 0.2) is 0 Å². The Kier molecular flexibility index (Phi) is 7.01. The zero-order valence-corrected chi connectivity index (χ0v) is 16.0. The van der Waals surface area contributed by atoms with Gasteiger partial charge < -0.3 is 9.84 Å². The van der Waals surface area contributed by atoms with Gasteiger partial charge in [-0.1, -0.05) is 65.8 Å². The van der Waals surface area contributed by atoms with Gasteiger partial charge in [-0.05, 0) is 54.3 Å². The molecule has 0 aliphatic carbocycles. The zero-order valence-electron chi connectivity index (χ0n) is 14.4. The SMILES string of the molecule is OCCCc1ccc(Sc2cccc(OCc3ccccc3)c2)cc1Cl. The number of halogens is 1. The number of aryl methyl sites for hydroxylation is 1. The van der Waals surface area contributed by atoms with Crippen molar-refractivity contribution in [1.29, 1.82) is 0 Å². The standard InChI is InChI=1S/C22H21ClO2S/c23-22-15-21(12-11-18(22)8-5-13-24)26-20-10-4-9-19(14-20)25-16-17-6-2-1-3-7-17/h1-4,6-7,9-12,14-15,24H,5,8,13,16H2. The van der Waals surface area contributed by atoms with E-state index in [1.54, 1.807) is 11.8 Å². The Morgan fingerprint density at radius 1 is 0.885 bits per heavy atom. The molecule has 0 amide bonds. The number of aliphatic hydroxyl groups is 1. The minimum Gasteiger partial charge on any atom is -0.489 e. The maximum atomic E-state index is 8.95. The molecule has 134 valence electrons. The molecule has 0 unspecified atom stereocenters. The Bertz CT molecular complexity index is 837. The summed E-state index contributed by atoms with van der Waals surface area (Å²) in [5.74, 6) is 0.851. The van der Waals surface area contributed by atoms with Crippen molar-refractivity contribution < 1.29 is 9.84 Å². The smallest absolute Gasteiger partial charge is 0.120 e. The second-order valence-corrected chi connectivity index (χ2v) is 7.49. The van der Waals surface area contributed by atoms with Crippen molar-refractivity contribution in [2.24, 2.45) is 0 Å². The summed E-state index contributed by atoms with van der Waals surface area (Å²) in [5.41, 5.74) is 2.22. The predicted molar refractivity (Wildman–Crippen MR) is 108 cm³/mol. The molecule has 0 heterocycles. The summed E-state index contributed by atoms with van der Waals surface area (Å²) in [6.45, 7) is 0.739. The van der Waals surface area contributed by atoms with Crippen LogP contribution in [-0.4, -0.2) is 11.7 Å². The summed E-state index contributed by atoms with van der Waals surface area (Å²) < 4.78 is 5.89. The number of benzene rings is 3. The number of hydrogen-bond donors (Lipinski definition) is 1. The van der Waals surface area contributed by atoms with Crippen LogP contribution in [0.2, 0.25) is 5.02 Å². The molecule has 0 saturated carbocycles. The molecule has 0 aromatic heterocycles. The third kappa shape index (κ3) is 5.53. The van der Waals surface area contributed by atoms with Gasteiger partial charge >= 0.3 is 0 Å². The van der Waals surface area contributed by atoms with Gasteiger partial charge in [0.1, 0.15) is 12.4 Å². The Morgan fingerprint density at radius 3 is 2.46 bits per heavy atom. The van der Waals surface area contributed by atoms with Gasteiger partial charge in [0.25, 0.3) is 0 Å². The minimum atomic E-state index is 0.183. The molecule has 2 nitrogen and oxygen atoms in total. The first-order valence-corrected chi connectivity index (χ1v) is 9.78. The Balaban J connectivity index is 1.64. The van der Waals surface area contributed by atoms with Crippen LogP contribution in [0.25, 0.3) is 0 Å². The summed E-state index contributed by atoms with van der Waals surface area (Å²) in [6.07, 6.45) is 1.52. The fraction of sp³-hybridized carbons (Fsp3) is 0.182. The van der Waals surface area contributed by atoms with Gasteiger partial charge in [-0.2, -0.15) is 0 Å². The van der Waals surface area contributed by atoms with E-state index < -0.39 is 0 Å². The van der Waals surface area contributed by atoms with Gasteiger partial charge in [-0.3, -0.25) is 0 Å². The van der Waals surface area contributed by atoms with E-state index in [0.717, 1.165) is 44.5 Å². The molecule has 0 aliphatic heterocycles. The molecule has 0 aliphatic rings. The zero-order chi connectivity index (χ0) is 18.2. The first kappa shape index (κ1) is 18.8. The Hall–Kier alpha value is -1.94. The topological polar surface area (TPSA) is 29.5 Å². The molecule has 0 bridgehead atoms. The van der Waals surface area contributed by atoms with Gasteiger partial charge in [0, 0.05) is 21.4 Å². The molecule has 4 heteroatoms. The van der Waals surface area contributed by atoms with E-state index in [0.29, 0.717) is 6.61 Å². The van der Waals surface area contributed by atoms with Crippen LogP contribution in [0.4, 0.5) is 0 Å². The van der Waals surface area contributed by atoms with Crippen LogP contribution in [0.3, 0.4) is 0 Å². The lowest BCUT2D eigenvalue weighted by Gasteiger charge is -2.09. The van der Waals surface area contributed by atoms with Crippen LogP contribution in [0.15, 0.2) is 82.6 Å². The predicted octanol–water partition coefficient (Wildman–Crippen LogP) is 6.00. The molecule has 0 saturated heterocycles. The molecule has 3 aromatic carbocycles. The summed E-state index contributed by atoms with van der Waals surface area (Å²) in [6, 6.07) is 24.3. The van der Waals surface area contributed by atoms with Crippen LogP contribution in [0.1, 0.15) is 17.5 Å². The highest BCUT2D eigenvalue weighted by atomic mass is 35.5. The highest BCUT2D eigenvalue weighted by Crippen LogP contribution is 2.33. The average Bonchev–Trinajstić information content (AvgIpc) is 2.67. The molecule has 3 rings (SSSR count). The number of hydrogen-bond acceptors (Lipinski definition) is 3. The van der Waals surface area contributed by atoms with E-state index in [4.69, 9.17) is 21.4 Å². The maximum absolute atomic E-state index is 8.95. The maximum Gasteiger partial charge on any atom is 0.120 e. The second-order valence-electron chi connectivity index (χ2n) is 5.93. The quantitative estimate of drug-likeness (QED) is 0.516. The van der Waals surface area contributed by atoms with E-state index in [9.17, 15) is 0 Å². The summed E-state index contributed by atoms with van der Waals surface area (Å²) in [4.78, 5) is 2.19. The number of aliphatic hydroxyl groups excluding tert-OH is 1. The molecular formula is C22H21ClO2S. The van der Waals surface area contributed by atoms with Crippen molar-refractivity contribution >= 4 is 23.4 Å². The van der Waals surface area contributed by atoms with Gasteiger partial charge in [-0.25, -0.2) is 0 Å². The van der Waals surface area contributed by atoms with Crippen LogP contribution in [0.5, 0.6) is 5.75 Å². The minimum absolute atomic E-state index is 0.183. The highest BCUT2D eigenvalue weighted by molar-refractivity contribution is 7.99. The number of ether oxygens (including phenoxy) is 1. The largest absolute Gasteiger partial charge is 0.489 e. The molecule has 26 heavy (non-hydrogen) atoms. The first-order chi connectivity index (χ1) is 12.7. The third-order valence-corrected chi connectivity index (χ3v) is 5.25. The van der Waals surface area contributed by atoms with Crippen molar-refractivity contribution in [3.05, 3.63) is 88.9 Å².